The summed E-state index contributed by atoms with van der Waals surface area (Å²) in [4.78, 5) is 6.11. The van der Waals surface area contributed by atoms with E-state index in [0.29, 0.717) is 32.0 Å². The number of benzene rings is 1. The zero-order valence-corrected chi connectivity index (χ0v) is 12.8. The fourth-order valence-electron chi connectivity index (χ4n) is 2.61. The summed E-state index contributed by atoms with van der Waals surface area (Å²) in [6.07, 6.45) is 3.60. The molecule has 22 heavy (non-hydrogen) atoms. The molecule has 0 spiro atoms. The van der Waals surface area contributed by atoms with Gasteiger partial charge in [0.2, 0.25) is 0 Å². The molecule has 1 saturated heterocycles. The van der Waals surface area contributed by atoms with E-state index in [9.17, 15) is 4.39 Å². The standard InChI is InChI=1S/C16H21FN4O/c1-20-12-19-11-14(20)10-18-9-13-2-3-16(15(17)8-13)21-4-6-22-7-5-21/h2-3,8,11-12,18H,4-7,9-10H2,1H3. The number of ether oxygens (including phenoxy) is 1. The Balaban J connectivity index is 1.58. The van der Waals surface area contributed by atoms with Crippen molar-refractivity contribution in [1.29, 1.82) is 0 Å². The van der Waals surface area contributed by atoms with Gasteiger partial charge in [0.1, 0.15) is 5.82 Å². The molecule has 3 rings (SSSR count). The molecule has 2 heterocycles. The second-order valence-corrected chi connectivity index (χ2v) is 5.48. The van der Waals surface area contributed by atoms with Crippen LogP contribution in [0.4, 0.5) is 10.1 Å². The summed E-state index contributed by atoms with van der Waals surface area (Å²) in [6, 6.07) is 5.45. The van der Waals surface area contributed by atoms with Gasteiger partial charge >= 0.3 is 0 Å². The number of imidazole rings is 1. The van der Waals surface area contributed by atoms with Crippen LogP contribution in [0.3, 0.4) is 0 Å². The largest absolute Gasteiger partial charge is 0.378 e. The van der Waals surface area contributed by atoms with Crippen molar-refractivity contribution < 1.29 is 9.13 Å². The Morgan fingerprint density at radius 1 is 1.27 bits per heavy atom. The fraction of sp³-hybridized carbons (Fsp3) is 0.438. The van der Waals surface area contributed by atoms with Crippen molar-refractivity contribution in [3.8, 4) is 0 Å². The maximum Gasteiger partial charge on any atom is 0.146 e. The van der Waals surface area contributed by atoms with Gasteiger partial charge in [-0.15, -0.1) is 0 Å². The monoisotopic (exact) mass is 304 g/mol. The average Bonchev–Trinajstić information content (AvgIpc) is 2.94. The molecule has 0 saturated carbocycles. The van der Waals surface area contributed by atoms with E-state index in [-0.39, 0.29) is 5.82 Å². The Bertz CT molecular complexity index is 622. The van der Waals surface area contributed by atoms with Crippen LogP contribution in [-0.2, 0) is 24.9 Å². The van der Waals surface area contributed by atoms with Gasteiger partial charge in [-0.25, -0.2) is 9.37 Å². The lowest BCUT2D eigenvalue weighted by atomic mass is 10.1. The second-order valence-electron chi connectivity index (χ2n) is 5.48. The molecule has 118 valence electrons. The topological polar surface area (TPSA) is 42.3 Å². The first-order valence-electron chi connectivity index (χ1n) is 7.51. The lowest BCUT2D eigenvalue weighted by molar-refractivity contribution is 0.122. The number of anilines is 1. The Kier molecular flexibility index (Phi) is 4.70. The zero-order valence-electron chi connectivity index (χ0n) is 12.8. The number of hydrogen-bond donors (Lipinski definition) is 1. The number of aromatic nitrogens is 2. The van der Waals surface area contributed by atoms with E-state index in [1.54, 1.807) is 12.4 Å². The average molecular weight is 304 g/mol. The van der Waals surface area contributed by atoms with Crippen molar-refractivity contribution in [2.75, 3.05) is 31.2 Å². The number of nitrogens with one attached hydrogen (secondary N) is 1. The van der Waals surface area contributed by atoms with Crippen molar-refractivity contribution in [3.63, 3.8) is 0 Å². The SMILES string of the molecule is Cn1cncc1CNCc1ccc(N2CCOCC2)c(F)c1. The summed E-state index contributed by atoms with van der Waals surface area (Å²) in [5.41, 5.74) is 2.71. The Morgan fingerprint density at radius 2 is 2.09 bits per heavy atom. The van der Waals surface area contributed by atoms with Gasteiger partial charge in [0.25, 0.3) is 0 Å². The van der Waals surface area contributed by atoms with Crippen LogP contribution < -0.4 is 10.2 Å². The van der Waals surface area contributed by atoms with Crippen molar-refractivity contribution in [1.82, 2.24) is 14.9 Å². The van der Waals surface area contributed by atoms with Crippen LogP contribution in [0, 0.1) is 5.82 Å². The molecule has 5 nitrogen and oxygen atoms in total. The molecule has 2 aromatic rings. The molecular formula is C16H21FN4O. The summed E-state index contributed by atoms with van der Waals surface area (Å²) in [5, 5.41) is 3.31. The van der Waals surface area contributed by atoms with Crippen LogP contribution in [0.1, 0.15) is 11.3 Å². The van der Waals surface area contributed by atoms with E-state index in [4.69, 9.17) is 4.74 Å². The fourth-order valence-corrected chi connectivity index (χ4v) is 2.61. The summed E-state index contributed by atoms with van der Waals surface area (Å²) < 4.78 is 21.5. The molecule has 1 fully saturated rings. The van der Waals surface area contributed by atoms with Crippen molar-refractivity contribution in [2.45, 2.75) is 13.1 Å². The smallest absolute Gasteiger partial charge is 0.146 e. The molecule has 1 aliphatic heterocycles. The normalized spacial score (nSPS) is 15.3. The van der Waals surface area contributed by atoms with Gasteiger partial charge in [-0.3, -0.25) is 0 Å². The summed E-state index contributed by atoms with van der Waals surface area (Å²) in [6.45, 7) is 4.15. The number of hydrogen-bond acceptors (Lipinski definition) is 4. The molecule has 1 N–H and O–H groups in total. The highest BCUT2D eigenvalue weighted by molar-refractivity contribution is 5.49. The predicted octanol–water partition coefficient (Wildman–Crippen LogP) is 1.69. The quantitative estimate of drug-likeness (QED) is 0.913. The highest BCUT2D eigenvalue weighted by atomic mass is 19.1. The summed E-state index contributed by atoms with van der Waals surface area (Å²) >= 11 is 0. The molecule has 6 heteroatoms. The maximum absolute atomic E-state index is 14.3. The van der Waals surface area contributed by atoms with Gasteiger partial charge in [0.15, 0.2) is 0 Å². The number of aryl methyl sites for hydroxylation is 1. The zero-order chi connectivity index (χ0) is 15.4. The van der Waals surface area contributed by atoms with E-state index in [0.717, 1.165) is 24.3 Å². The summed E-state index contributed by atoms with van der Waals surface area (Å²) in [7, 11) is 1.96. The van der Waals surface area contributed by atoms with Crippen LogP contribution in [-0.4, -0.2) is 35.9 Å². The molecule has 0 unspecified atom stereocenters. The van der Waals surface area contributed by atoms with Gasteiger partial charge in [-0.1, -0.05) is 6.07 Å². The number of halogens is 1. The molecule has 0 aliphatic carbocycles. The van der Waals surface area contributed by atoms with Crippen molar-refractivity contribution in [2.24, 2.45) is 7.05 Å². The molecule has 0 amide bonds. The van der Waals surface area contributed by atoms with Crippen LogP contribution in [0.15, 0.2) is 30.7 Å². The minimum Gasteiger partial charge on any atom is -0.378 e. The van der Waals surface area contributed by atoms with E-state index in [1.165, 1.54) is 0 Å². The van der Waals surface area contributed by atoms with E-state index in [1.807, 2.05) is 34.8 Å². The van der Waals surface area contributed by atoms with E-state index < -0.39 is 0 Å². The van der Waals surface area contributed by atoms with Crippen molar-refractivity contribution in [3.05, 3.63) is 47.8 Å². The third kappa shape index (κ3) is 3.45. The minimum absolute atomic E-state index is 0.165. The molecular weight excluding hydrogens is 283 g/mol. The van der Waals surface area contributed by atoms with Gasteiger partial charge in [0, 0.05) is 39.4 Å². The molecule has 1 aliphatic rings. The van der Waals surface area contributed by atoms with Gasteiger partial charge in [-0.05, 0) is 17.7 Å². The van der Waals surface area contributed by atoms with Gasteiger partial charge < -0.3 is 19.5 Å². The van der Waals surface area contributed by atoms with Gasteiger partial charge in [0.05, 0.1) is 30.9 Å². The third-order valence-electron chi connectivity index (χ3n) is 3.92. The first-order chi connectivity index (χ1) is 10.7. The number of rotatable bonds is 5. The highest BCUT2D eigenvalue weighted by Crippen LogP contribution is 2.21. The lowest BCUT2D eigenvalue weighted by Crippen LogP contribution is -2.36. The first kappa shape index (κ1) is 15.0. The Hall–Kier alpha value is -1.92. The predicted molar refractivity (Wildman–Crippen MR) is 83.2 cm³/mol. The highest BCUT2D eigenvalue weighted by Gasteiger charge is 2.15. The van der Waals surface area contributed by atoms with Crippen LogP contribution in [0.2, 0.25) is 0 Å². The second kappa shape index (κ2) is 6.89. The Labute approximate surface area is 129 Å². The third-order valence-corrected chi connectivity index (χ3v) is 3.92. The molecule has 0 radical (unpaired) electrons. The van der Waals surface area contributed by atoms with E-state index in [2.05, 4.69) is 10.3 Å². The molecule has 1 aromatic heterocycles. The maximum atomic E-state index is 14.3. The molecule has 0 bridgehead atoms. The minimum atomic E-state index is -0.165. The number of morpholine rings is 1. The van der Waals surface area contributed by atoms with E-state index >= 15 is 0 Å². The lowest BCUT2D eigenvalue weighted by Gasteiger charge is -2.29. The van der Waals surface area contributed by atoms with Crippen molar-refractivity contribution >= 4 is 5.69 Å². The Morgan fingerprint density at radius 3 is 2.77 bits per heavy atom. The first-order valence-corrected chi connectivity index (χ1v) is 7.51. The van der Waals surface area contributed by atoms with Crippen LogP contribution in [0.25, 0.3) is 0 Å². The number of nitrogens with zero attached hydrogens (tertiary/aromatic N) is 3. The molecule has 0 atom stereocenters. The summed E-state index contributed by atoms with van der Waals surface area (Å²) in [5.74, 6) is -0.165. The van der Waals surface area contributed by atoms with Crippen LogP contribution >= 0.6 is 0 Å². The van der Waals surface area contributed by atoms with Crippen LogP contribution in [0.5, 0.6) is 0 Å². The molecule has 1 aromatic carbocycles. The van der Waals surface area contributed by atoms with Gasteiger partial charge in [-0.2, -0.15) is 0 Å².